The van der Waals surface area contributed by atoms with Crippen LogP contribution < -0.4 is 0 Å². The fourth-order valence-corrected chi connectivity index (χ4v) is 32.6. The molecule has 0 aliphatic heterocycles. The monoisotopic (exact) mass is 1910 g/mol. The van der Waals surface area contributed by atoms with Crippen molar-refractivity contribution in [1.82, 2.24) is 0 Å². The van der Waals surface area contributed by atoms with Crippen LogP contribution in [0.25, 0.3) is 278 Å². The minimum absolute atomic E-state index is 0.554. The molecule has 0 radical (unpaired) electrons. The van der Waals surface area contributed by atoms with E-state index in [4.69, 9.17) is 0 Å². The fraction of sp³-hybridized carbons (Fsp3) is 0.0141. The van der Waals surface area contributed by atoms with Gasteiger partial charge in [0.15, 0.2) is 0 Å². The average molecular weight is 1910 g/mol. The van der Waals surface area contributed by atoms with Crippen LogP contribution in [0.5, 0.6) is 0 Å². The zero-order chi connectivity index (χ0) is 95.0. The van der Waals surface area contributed by atoms with Gasteiger partial charge in [-0.15, -0.1) is 45.3 Å². The van der Waals surface area contributed by atoms with Crippen molar-refractivity contribution in [2.24, 2.45) is 0 Å². The van der Waals surface area contributed by atoms with Crippen LogP contribution in [0.1, 0.15) is 44.5 Å². The third-order valence-electron chi connectivity index (χ3n) is 33.3. The van der Waals surface area contributed by atoms with Crippen molar-refractivity contribution < 1.29 is 0 Å². The van der Waals surface area contributed by atoms with Crippen molar-refractivity contribution in [1.29, 1.82) is 0 Å². The second kappa shape index (κ2) is 30.6. The minimum Gasteiger partial charge on any atom is -0.135 e. The van der Waals surface area contributed by atoms with E-state index in [-0.39, 0.29) is 0 Å². The molecule has 34 rings (SSSR count). The SMILES string of the molecule is c1ccc2c(c1)-c1c(-c3c4cccc(-c5cccc6c5sc5ccccc56)c4cc4c(-c5cccc6c5sc5ccccc56)cccc34)cccc1C21c2ccccc2-c2c1c1ccccc1c1ccccc21.c1ccc2c(c1)-c1c(-c3c4cccc(-c5cccc6sc7ccccc7c56)c4cc4c(-c5cccc6sc7ccccc7c56)cccc34)cccc1C21c2ccccc2-c2c1c1ccccc1c1ccccc21. The molecule has 4 aliphatic carbocycles. The molecule has 4 heterocycles. The standard InChI is InChI=1S/2C71H40S2/c1-3-22-47-41(18-1)42-19-2-4-23-50(42)68-67(47)56-25-6-10-36-61(56)71(68)60-35-9-5-24-55(60)66-57(34-17-37-62(66)71)65-48-28-13-26-43(51-30-15-32-53-45-20-7-11-38-63(45)72-69(51)53)58(48)40-59-44(27-14-29-49(59)65)52-31-16-33-54-46-21-8-12-39-64(46)73-70(52)54;1-3-20-47-41(18-1)42-19-2-4-21-50(42)70-69(47)52-23-6-10-34-59(52)71(70)58-33-9-5-22-51(58)66-55(32-15-35-60(66)71)65-48-28-13-26-43(45-30-16-38-63-67(45)53-24-7-11-36-61(53)72-63)56(48)40-57-44(27-14-29-49(57)65)46-31-17-39-64-68(46)54-25-8-12-37-62(54)73-64/h2*1-40H. The molecule has 146 heavy (non-hydrogen) atoms. The van der Waals surface area contributed by atoms with Crippen molar-refractivity contribution in [3.05, 3.63) is 530 Å². The minimum atomic E-state index is -0.556. The summed E-state index contributed by atoms with van der Waals surface area (Å²) in [5.74, 6) is 0. The molecule has 0 saturated heterocycles. The molecule has 30 aromatic rings. The second-order valence-electron chi connectivity index (χ2n) is 40.0. The van der Waals surface area contributed by atoms with Crippen LogP contribution >= 0.6 is 45.3 Å². The first-order valence-corrected chi connectivity index (χ1v) is 53.9. The molecule has 0 fully saturated rings. The molecule has 672 valence electrons. The average Bonchev–Trinajstić information content (AvgIpc) is 1.49. The lowest BCUT2D eigenvalue weighted by molar-refractivity contribution is 0.802. The maximum absolute atomic E-state index is 2.54. The molecule has 4 heteroatoms. The Morgan fingerprint density at radius 2 is 0.336 bits per heavy atom. The van der Waals surface area contributed by atoms with E-state index in [2.05, 4.69) is 485 Å². The van der Waals surface area contributed by atoms with Crippen LogP contribution in [-0.4, -0.2) is 0 Å². The maximum atomic E-state index is 2.54. The first kappa shape index (κ1) is 81.3. The van der Waals surface area contributed by atoms with Crippen molar-refractivity contribution in [2.75, 3.05) is 0 Å². The number of fused-ring (bicyclic) bond motifs is 46. The predicted octanol–water partition coefficient (Wildman–Crippen LogP) is 40.8. The van der Waals surface area contributed by atoms with Crippen LogP contribution in [0.15, 0.2) is 485 Å². The number of benzene rings is 26. The summed E-state index contributed by atoms with van der Waals surface area (Å²) in [5, 5.41) is 31.1. The summed E-state index contributed by atoms with van der Waals surface area (Å²) in [6.07, 6.45) is 0. The Kier molecular flexibility index (Phi) is 17.0. The molecule has 0 N–H and O–H groups in total. The van der Waals surface area contributed by atoms with E-state index < -0.39 is 10.8 Å². The zero-order valence-electron chi connectivity index (χ0n) is 78.8. The van der Waals surface area contributed by atoms with Crippen LogP contribution in [-0.2, 0) is 10.8 Å². The lowest BCUT2D eigenvalue weighted by Crippen LogP contribution is -2.26. The molecule has 2 atom stereocenters. The van der Waals surface area contributed by atoms with E-state index in [0.29, 0.717) is 0 Å². The van der Waals surface area contributed by atoms with E-state index in [1.165, 1.54) is 323 Å². The van der Waals surface area contributed by atoms with Gasteiger partial charge in [-0.3, -0.25) is 0 Å². The van der Waals surface area contributed by atoms with E-state index >= 15 is 0 Å². The quantitative estimate of drug-likeness (QED) is 0.115. The summed E-state index contributed by atoms with van der Waals surface area (Å²) < 4.78 is 10.6. The molecule has 0 saturated carbocycles. The summed E-state index contributed by atoms with van der Waals surface area (Å²) >= 11 is 7.60. The van der Waals surface area contributed by atoms with E-state index in [0.717, 1.165) is 0 Å². The molecule has 26 aromatic carbocycles. The molecule has 0 amide bonds. The van der Waals surface area contributed by atoms with Gasteiger partial charge in [-0.25, -0.2) is 0 Å². The zero-order valence-corrected chi connectivity index (χ0v) is 82.1. The first-order valence-electron chi connectivity index (χ1n) is 50.7. The molecule has 4 aromatic heterocycles. The summed E-state index contributed by atoms with van der Waals surface area (Å²) in [6, 6.07) is 185. The van der Waals surface area contributed by atoms with Gasteiger partial charge in [0.25, 0.3) is 0 Å². The lowest BCUT2D eigenvalue weighted by Gasteiger charge is -2.32. The highest BCUT2D eigenvalue weighted by Crippen LogP contribution is 2.70. The molecular formula is C142H80S4. The van der Waals surface area contributed by atoms with Crippen LogP contribution in [0.2, 0.25) is 0 Å². The Labute approximate surface area is 856 Å². The van der Waals surface area contributed by atoms with Crippen molar-refractivity contribution in [2.45, 2.75) is 10.8 Å². The van der Waals surface area contributed by atoms with Gasteiger partial charge >= 0.3 is 0 Å². The summed E-state index contributed by atoms with van der Waals surface area (Å²) in [4.78, 5) is 0. The van der Waals surface area contributed by atoms with Gasteiger partial charge in [-0.2, -0.15) is 0 Å². The van der Waals surface area contributed by atoms with Crippen LogP contribution in [0.3, 0.4) is 0 Å². The molecule has 2 unspecified atom stereocenters. The Morgan fingerprint density at radius 1 is 0.116 bits per heavy atom. The third-order valence-corrected chi connectivity index (χ3v) is 38.1. The predicted molar refractivity (Wildman–Crippen MR) is 630 cm³/mol. The van der Waals surface area contributed by atoms with Crippen LogP contribution in [0, 0.1) is 0 Å². The Hall–Kier alpha value is -17.3. The lowest BCUT2D eigenvalue weighted by atomic mass is 9.69. The Morgan fingerprint density at radius 3 is 0.705 bits per heavy atom. The highest BCUT2D eigenvalue weighted by Gasteiger charge is 2.56. The van der Waals surface area contributed by atoms with Gasteiger partial charge in [-0.05, 0) is 279 Å². The van der Waals surface area contributed by atoms with Gasteiger partial charge in [-0.1, -0.05) is 437 Å². The van der Waals surface area contributed by atoms with Gasteiger partial charge in [0, 0.05) is 91.8 Å². The van der Waals surface area contributed by atoms with Gasteiger partial charge in [0.2, 0.25) is 0 Å². The van der Waals surface area contributed by atoms with Gasteiger partial charge in [0.1, 0.15) is 0 Å². The smallest absolute Gasteiger partial charge is 0.0731 e. The molecule has 0 bridgehead atoms. The largest absolute Gasteiger partial charge is 0.135 e. The highest BCUT2D eigenvalue weighted by molar-refractivity contribution is 7.27. The number of hydrogen-bond donors (Lipinski definition) is 0. The van der Waals surface area contributed by atoms with Crippen molar-refractivity contribution >= 4 is 212 Å². The molecule has 0 nitrogen and oxygen atoms in total. The first-order chi connectivity index (χ1) is 72.5. The van der Waals surface area contributed by atoms with Crippen LogP contribution in [0.4, 0.5) is 0 Å². The Balaban J connectivity index is 0.000000128. The van der Waals surface area contributed by atoms with E-state index in [1.54, 1.807) is 0 Å². The topological polar surface area (TPSA) is 0 Å². The summed E-state index contributed by atoms with van der Waals surface area (Å²) in [7, 11) is 0. The van der Waals surface area contributed by atoms with Gasteiger partial charge in [0.05, 0.1) is 10.8 Å². The highest BCUT2D eigenvalue weighted by atomic mass is 32.1. The maximum Gasteiger partial charge on any atom is 0.0731 e. The molecule has 4 aliphatic rings. The van der Waals surface area contributed by atoms with Crippen molar-refractivity contribution in [3.8, 4) is 111 Å². The van der Waals surface area contributed by atoms with Gasteiger partial charge < -0.3 is 0 Å². The number of hydrogen-bond acceptors (Lipinski definition) is 4. The fourth-order valence-electron chi connectivity index (χ4n) is 27.9. The molecular weight excluding hydrogens is 1830 g/mol. The number of thiophene rings is 4. The normalized spacial score (nSPS) is 14.6. The summed E-state index contributed by atoms with van der Waals surface area (Å²) in [6.45, 7) is 0. The Bertz CT molecular complexity index is 10800. The molecule has 2 spiro atoms. The number of rotatable bonds is 6. The van der Waals surface area contributed by atoms with Crippen molar-refractivity contribution in [3.63, 3.8) is 0 Å². The van der Waals surface area contributed by atoms with E-state index in [1.807, 2.05) is 45.3 Å². The second-order valence-corrected chi connectivity index (χ2v) is 44.3. The summed E-state index contributed by atoms with van der Waals surface area (Å²) in [5.41, 5.74) is 35.6. The van der Waals surface area contributed by atoms with E-state index in [9.17, 15) is 0 Å². The third kappa shape index (κ3) is 10.8.